The smallest absolute Gasteiger partial charge is 0.283 e. The summed E-state index contributed by atoms with van der Waals surface area (Å²) in [6, 6.07) is 15.8. The summed E-state index contributed by atoms with van der Waals surface area (Å²) in [7, 11) is 0. The quantitative estimate of drug-likeness (QED) is 0.579. The lowest BCUT2D eigenvalue weighted by atomic mass is 10.1. The molecule has 0 aliphatic carbocycles. The van der Waals surface area contributed by atoms with Crippen LogP contribution in [0.5, 0.6) is 0 Å². The van der Waals surface area contributed by atoms with Gasteiger partial charge in [-0.1, -0.05) is 41.6 Å². The van der Waals surface area contributed by atoms with E-state index in [1.165, 1.54) is 5.56 Å². The van der Waals surface area contributed by atoms with Crippen LogP contribution in [0.15, 0.2) is 59.7 Å². The Morgan fingerprint density at radius 3 is 2.56 bits per heavy atom. The number of hydrogen-bond acceptors (Lipinski definition) is 4. The van der Waals surface area contributed by atoms with Gasteiger partial charge in [-0.25, -0.2) is 4.98 Å². The Kier molecular flexibility index (Phi) is 3.65. The monoisotopic (exact) mass is 331 g/mol. The number of aryl methyl sites for hydroxylation is 2. The van der Waals surface area contributed by atoms with Crippen molar-refractivity contribution in [3.8, 4) is 5.69 Å². The van der Waals surface area contributed by atoms with E-state index in [0.29, 0.717) is 12.2 Å². The standard InChI is InChI=1S/C19H17N5O/c1-13-8-9-16(10-14(13)2)24-18-17(21-22-24)19(25)23(12-20-18)11-15-6-4-3-5-7-15/h3-10,12H,11H2,1-2H3. The summed E-state index contributed by atoms with van der Waals surface area (Å²) >= 11 is 0. The first-order chi connectivity index (χ1) is 12.1. The summed E-state index contributed by atoms with van der Waals surface area (Å²) in [6.45, 7) is 4.55. The van der Waals surface area contributed by atoms with E-state index in [2.05, 4.69) is 22.2 Å². The van der Waals surface area contributed by atoms with E-state index in [1.807, 2.05) is 55.5 Å². The zero-order valence-corrected chi connectivity index (χ0v) is 14.0. The average molecular weight is 331 g/mol. The van der Waals surface area contributed by atoms with Gasteiger partial charge in [-0.15, -0.1) is 5.10 Å². The first-order valence-corrected chi connectivity index (χ1v) is 8.06. The van der Waals surface area contributed by atoms with Crippen LogP contribution in [0.2, 0.25) is 0 Å². The second-order valence-corrected chi connectivity index (χ2v) is 6.11. The minimum atomic E-state index is -0.191. The summed E-state index contributed by atoms with van der Waals surface area (Å²) in [5.74, 6) is 0. The molecule has 0 unspecified atom stereocenters. The topological polar surface area (TPSA) is 65.6 Å². The maximum Gasteiger partial charge on any atom is 0.283 e. The second kappa shape index (κ2) is 5.98. The van der Waals surface area contributed by atoms with Crippen LogP contribution < -0.4 is 5.56 Å². The molecule has 4 aromatic rings. The Labute approximate surface area is 144 Å². The highest BCUT2D eigenvalue weighted by Crippen LogP contribution is 2.16. The fourth-order valence-corrected chi connectivity index (χ4v) is 2.77. The van der Waals surface area contributed by atoms with Crippen LogP contribution in [-0.2, 0) is 6.54 Å². The van der Waals surface area contributed by atoms with E-state index in [1.54, 1.807) is 15.6 Å². The van der Waals surface area contributed by atoms with Gasteiger partial charge in [0.2, 0.25) is 0 Å². The molecule has 0 saturated heterocycles. The van der Waals surface area contributed by atoms with E-state index in [-0.39, 0.29) is 11.1 Å². The van der Waals surface area contributed by atoms with Crippen molar-refractivity contribution in [2.75, 3.05) is 0 Å². The van der Waals surface area contributed by atoms with Crippen LogP contribution in [0.4, 0.5) is 0 Å². The maximum absolute atomic E-state index is 12.7. The molecule has 6 heteroatoms. The van der Waals surface area contributed by atoms with Crippen LogP contribution in [0.25, 0.3) is 16.9 Å². The normalized spacial score (nSPS) is 11.1. The number of fused-ring (bicyclic) bond motifs is 1. The molecule has 2 heterocycles. The molecule has 0 aliphatic heterocycles. The number of hydrogen-bond donors (Lipinski definition) is 0. The molecule has 0 spiro atoms. The van der Waals surface area contributed by atoms with Gasteiger partial charge in [0.1, 0.15) is 6.33 Å². The Hall–Kier alpha value is -3.28. The van der Waals surface area contributed by atoms with Gasteiger partial charge in [-0.3, -0.25) is 9.36 Å². The third-order valence-electron chi connectivity index (χ3n) is 4.36. The van der Waals surface area contributed by atoms with Crippen molar-refractivity contribution >= 4 is 11.2 Å². The highest BCUT2D eigenvalue weighted by atomic mass is 16.1. The molecule has 0 fully saturated rings. The first-order valence-electron chi connectivity index (χ1n) is 8.06. The molecular weight excluding hydrogens is 314 g/mol. The van der Waals surface area contributed by atoms with Crippen LogP contribution >= 0.6 is 0 Å². The van der Waals surface area contributed by atoms with Gasteiger partial charge in [0.25, 0.3) is 5.56 Å². The molecule has 6 nitrogen and oxygen atoms in total. The average Bonchev–Trinajstić information content (AvgIpc) is 3.05. The molecule has 124 valence electrons. The second-order valence-electron chi connectivity index (χ2n) is 6.11. The number of benzene rings is 2. The van der Waals surface area contributed by atoms with Crippen LogP contribution in [-0.4, -0.2) is 24.5 Å². The highest BCUT2D eigenvalue weighted by molar-refractivity contribution is 5.70. The number of rotatable bonds is 3. The van der Waals surface area contributed by atoms with Crippen molar-refractivity contribution in [1.82, 2.24) is 24.5 Å². The molecule has 2 aromatic heterocycles. The fraction of sp³-hybridized carbons (Fsp3) is 0.158. The predicted molar refractivity (Wildman–Crippen MR) is 95.9 cm³/mol. The Balaban J connectivity index is 1.79. The van der Waals surface area contributed by atoms with Crippen molar-refractivity contribution in [1.29, 1.82) is 0 Å². The first kappa shape index (κ1) is 15.3. The van der Waals surface area contributed by atoms with Crippen molar-refractivity contribution < 1.29 is 0 Å². The molecule has 0 saturated carbocycles. The lowest BCUT2D eigenvalue weighted by Gasteiger charge is -2.07. The lowest BCUT2D eigenvalue weighted by Crippen LogP contribution is -2.21. The molecule has 0 N–H and O–H groups in total. The Morgan fingerprint density at radius 1 is 1.00 bits per heavy atom. The van der Waals surface area contributed by atoms with E-state index in [0.717, 1.165) is 16.8 Å². The summed E-state index contributed by atoms with van der Waals surface area (Å²) < 4.78 is 3.16. The van der Waals surface area contributed by atoms with E-state index >= 15 is 0 Å². The van der Waals surface area contributed by atoms with Crippen molar-refractivity contribution in [3.63, 3.8) is 0 Å². The summed E-state index contributed by atoms with van der Waals surface area (Å²) in [5, 5.41) is 8.20. The van der Waals surface area contributed by atoms with Gasteiger partial charge in [0, 0.05) is 0 Å². The fourth-order valence-electron chi connectivity index (χ4n) is 2.77. The van der Waals surface area contributed by atoms with Gasteiger partial charge < -0.3 is 0 Å². The zero-order valence-electron chi connectivity index (χ0n) is 14.0. The van der Waals surface area contributed by atoms with E-state index < -0.39 is 0 Å². The lowest BCUT2D eigenvalue weighted by molar-refractivity contribution is 0.745. The van der Waals surface area contributed by atoms with Gasteiger partial charge >= 0.3 is 0 Å². The summed E-state index contributed by atoms with van der Waals surface area (Å²) in [4.78, 5) is 17.1. The summed E-state index contributed by atoms with van der Waals surface area (Å²) in [5.41, 5.74) is 4.79. The maximum atomic E-state index is 12.7. The van der Waals surface area contributed by atoms with Gasteiger partial charge in [0.05, 0.1) is 12.2 Å². The molecule has 0 aliphatic rings. The molecule has 25 heavy (non-hydrogen) atoms. The SMILES string of the molecule is Cc1ccc(-n2nnc3c(=O)n(Cc4ccccc4)cnc32)cc1C. The van der Waals surface area contributed by atoms with Gasteiger partial charge in [-0.05, 0) is 42.7 Å². The minimum Gasteiger partial charge on any atom is -0.293 e. The largest absolute Gasteiger partial charge is 0.293 e. The molecule has 2 aromatic carbocycles. The van der Waals surface area contributed by atoms with Crippen LogP contribution in [0.3, 0.4) is 0 Å². The Bertz CT molecular complexity index is 1110. The summed E-state index contributed by atoms with van der Waals surface area (Å²) in [6.07, 6.45) is 1.55. The van der Waals surface area contributed by atoms with E-state index in [4.69, 9.17) is 0 Å². The van der Waals surface area contributed by atoms with E-state index in [9.17, 15) is 4.79 Å². The number of aromatic nitrogens is 5. The number of nitrogens with zero attached hydrogens (tertiary/aromatic N) is 5. The Morgan fingerprint density at radius 2 is 1.80 bits per heavy atom. The predicted octanol–water partition coefficient (Wildman–Crippen LogP) is 2.64. The minimum absolute atomic E-state index is 0.191. The van der Waals surface area contributed by atoms with Crippen LogP contribution in [0, 0.1) is 13.8 Å². The van der Waals surface area contributed by atoms with Crippen LogP contribution in [0.1, 0.15) is 16.7 Å². The third-order valence-corrected chi connectivity index (χ3v) is 4.36. The van der Waals surface area contributed by atoms with Crippen molar-refractivity contribution in [2.24, 2.45) is 0 Å². The molecule has 0 radical (unpaired) electrons. The molecular formula is C19H17N5O. The van der Waals surface area contributed by atoms with Gasteiger partial charge in [-0.2, -0.15) is 4.68 Å². The van der Waals surface area contributed by atoms with Crippen molar-refractivity contribution in [3.05, 3.63) is 81.9 Å². The highest BCUT2D eigenvalue weighted by Gasteiger charge is 2.13. The van der Waals surface area contributed by atoms with Gasteiger partial charge in [0.15, 0.2) is 11.2 Å². The molecule has 0 atom stereocenters. The molecule has 0 amide bonds. The molecule has 0 bridgehead atoms. The zero-order chi connectivity index (χ0) is 17.4. The third kappa shape index (κ3) is 2.71. The molecule has 4 rings (SSSR count). The van der Waals surface area contributed by atoms with Crippen molar-refractivity contribution in [2.45, 2.75) is 20.4 Å².